The highest BCUT2D eigenvalue weighted by atomic mass is 32.2. The molecule has 5 rings (SSSR count). The van der Waals surface area contributed by atoms with E-state index in [2.05, 4.69) is 0 Å². The summed E-state index contributed by atoms with van der Waals surface area (Å²) in [6.45, 7) is 1.87. The van der Waals surface area contributed by atoms with Gasteiger partial charge in [-0.25, -0.2) is 12.7 Å². The Morgan fingerprint density at radius 3 is 2.49 bits per heavy atom. The first kappa shape index (κ1) is 23.2. The minimum absolute atomic E-state index is 0.0637. The van der Waals surface area contributed by atoms with Crippen LogP contribution in [0, 0.1) is 5.92 Å². The van der Waals surface area contributed by atoms with E-state index in [1.165, 1.54) is 24.3 Å². The molecule has 0 radical (unpaired) electrons. The number of fused-ring (bicyclic) bond motifs is 2. The van der Waals surface area contributed by atoms with Crippen molar-refractivity contribution < 1.29 is 35.9 Å². The second-order valence-electron chi connectivity index (χ2n) is 8.19. The van der Waals surface area contributed by atoms with Crippen molar-refractivity contribution in [2.45, 2.75) is 24.8 Å². The molecule has 182 valence electrons. The number of para-hydroxylation sites is 1. The number of carbonyl (C=O) groups is 1. The van der Waals surface area contributed by atoms with Gasteiger partial charge in [0.1, 0.15) is 10.9 Å². The molecule has 2 aromatic carbocycles. The second-order valence-corrected chi connectivity index (χ2v) is 10.1. The van der Waals surface area contributed by atoms with Crippen LogP contribution in [0.15, 0.2) is 66.4 Å². The number of aldehydes is 1. The van der Waals surface area contributed by atoms with Crippen molar-refractivity contribution in [1.82, 2.24) is 0 Å². The molecular weight excluding hydrogens is 483 g/mol. The maximum atomic E-state index is 13.9. The molecule has 6 nitrogen and oxygen atoms in total. The Kier molecular flexibility index (Phi) is 5.51. The highest BCUT2D eigenvalue weighted by Crippen LogP contribution is 2.51. The Balaban J connectivity index is 1.86. The summed E-state index contributed by atoms with van der Waals surface area (Å²) in [5, 5.41) is -1.23. The van der Waals surface area contributed by atoms with Gasteiger partial charge >= 0.3 is 6.18 Å². The third-order valence-electron chi connectivity index (χ3n) is 6.32. The molecule has 0 N–H and O–H groups in total. The maximum absolute atomic E-state index is 13.9. The number of alkyl halides is 3. The number of ether oxygens (including phenoxy) is 2. The molecular formula is C25H20F3NO5S. The van der Waals surface area contributed by atoms with Gasteiger partial charge in [-0.15, -0.1) is 0 Å². The summed E-state index contributed by atoms with van der Waals surface area (Å²) in [6, 6.07) is 7.79. The average Bonchev–Trinajstić information content (AvgIpc) is 3.33. The van der Waals surface area contributed by atoms with Gasteiger partial charge in [-0.3, -0.25) is 4.79 Å². The van der Waals surface area contributed by atoms with Crippen molar-refractivity contribution in [3.8, 4) is 11.5 Å². The van der Waals surface area contributed by atoms with Crippen LogP contribution in [0.5, 0.6) is 11.5 Å². The van der Waals surface area contributed by atoms with Crippen LogP contribution in [0.3, 0.4) is 0 Å². The first-order chi connectivity index (χ1) is 16.7. The Morgan fingerprint density at radius 2 is 1.77 bits per heavy atom. The van der Waals surface area contributed by atoms with Crippen LogP contribution in [0.2, 0.25) is 0 Å². The first-order valence-electron chi connectivity index (χ1n) is 10.9. The molecule has 0 amide bonds. The van der Waals surface area contributed by atoms with Gasteiger partial charge in [0.25, 0.3) is 0 Å². The summed E-state index contributed by atoms with van der Waals surface area (Å²) in [4.78, 5) is 12.5. The van der Waals surface area contributed by atoms with E-state index in [9.17, 15) is 26.4 Å². The number of anilines is 1. The van der Waals surface area contributed by atoms with Gasteiger partial charge in [0.15, 0.2) is 17.8 Å². The van der Waals surface area contributed by atoms with Gasteiger partial charge < -0.3 is 9.47 Å². The Hall–Kier alpha value is -3.53. The molecule has 0 spiro atoms. The van der Waals surface area contributed by atoms with E-state index in [4.69, 9.17) is 9.47 Å². The van der Waals surface area contributed by atoms with Crippen LogP contribution in [0.4, 0.5) is 18.9 Å². The van der Waals surface area contributed by atoms with E-state index in [0.29, 0.717) is 34.1 Å². The molecule has 1 aliphatic carbocycles. The van der Waals surface area contributed by atoms with Crippen LogP contribution in [0.25, 0.3) is 5.57 Å². The fourth-order valence-corrected chi connectivity index (χ4v) is 6.78. The number of sulfonamides is 1. The number of carbonyl (C=O) groups excluding carboxylic acids is 1. The number of allylic oxidation sites excluding steroid dienone is 5. The number of benzene rings is 2. The highest BCUT2D eigenvalue weighted by molar-refractivity contribution is 7.94. The van der Waals surface area contributed by atoms with Crippen LogP contribution in [0.1, 0.15) is 23.6 Å². The van der Waals surface area contributed by atoms with Crippen molar-refractivity contribution in [2.24, 2.45) is 5.92 Å². The van der Waals surface area contributed by atoms with Crippen LogP contribution in [-0.4, -0.2) is 26.7 Å². The number of hydrogen-bond donors (Lipinski definition) is 0. The molecule has 2 heterocycles. The minimum Gasteiger partial charge on any atom is -0.453 e. The standard InChI is InChI=1S/C25H20F3NO5S/c1-2-15-11-12-17(24-23(15)33-14-34-24)22-16-7-3-6-10-21(16)35(31,32)29(20(22)13-30)19-9-5-4-8-18(19)25(26,27)28/h3-13,16,21H,2,14H2,1H3. The van der Waals surface area contributed by atoms with Gasteiger partial charge in [0, 0.05) is 11.5 Å². The molecule has 3 aliphatic rings. The molecule has 0 saturated heterocycles. The number of rotatable bonds is 4. The molecule has 0 bridgehead atoms. The smallest absolute Gasteiger partial charge is 0.418 e. The lowest BCUT2D eigenvalue weighted by atomic mass is 9.84. The van der Waals surface area contributed by atoms with Crippen LogP contribution >= 0.6 is 0 Å². The third kappa shape index (κ3) is 3.54. The molecule has 0 saturated carbocycles. The maximum Gasteiger partial charge on any atom is 0.418 e. The van der Waals surface area contributed by atoms with E-state index in [1.54, 1.807) is 24.3 Å². The number of nitrogens with zero attached hydrogens (tertiary/aromatic N) is 1. The summed E-state index contributed by atoms with van der Waals surface area (Å²) in [6.07, 6.45) is 2.31. The van der Waals surface area contributed by atoms with Crippen molar-refractivity contribution in [1.29, 1.82) is 0 Å². The van der Waals surface area contributed by atoms with Crippen molar-refractivity contribution in [2.75, 3.05) is 11.1 Å². The topological polar surface area (TPSA) is 72.9 Å². The minimum atomic E-state index is -4.85. The summed E-state index contributed by atoms with van der Waals surface area (Å²) >= 11 is 0. The Morgan fingerprint density at radius 1 is 1.06 bits per heavy atom. The quantitative estimate of drug-likeness (QED) is 0.557. The van der Waals surface area contributed by atoms with Gasteiger partial charge in [-0.1, -0.05) is 55.5 Å². The molecule has 2 aliphatic heterocycles. The molecule has 2 aromatic rings. The van der Waals surface area contributed by atoms with Gasteiger partial charge in [0.05, 0.1) is 11.3 Å². The summed E-state index contributed by atoms with van der Waals surface area (Å²) in [7, 11) is -4.46. The van der Waals surface area contributed by atoms with E-state index < -0.39 is 44.3 Å². The van der Waals surface area contributed by atoms with E-state index in [-0.39, 0.29) is 12.4 Å². The van der Waals surface area contributed by atoms with Crippen molar-refractivity contribution >= 4 is 27.6 Å². The molecule has 0 fully saturated rings. The average molecular weight is 503 g/mol. The lowest BCUT2D eigenvalue weighted by Crippen LogP contribution is -2.47. The zero-order valence-corrected chi connectivity index (χ0v) is 19.3. The summed E-state index contributed by atoms with van der Waals surface area (Å²) in [5.74, 6) is -0.00524. The van der Waals surface area contributed by atoms with E-state index >= 15 is 0 Å². The molecule has 10 heteroatoms. The second kappa shape index (κ2) is 8.30. The zero-order valence-electron chi connectivity index (χ0n) is 18.5. The normalized spacial score (nSPS) is 22.3. The zero-order chi connectivity index (χ0) is 25.0. The van der Waals surface area contributed by atoms with Gasteiger partial charge in [-0.2, -0.15) is 13.2 Å². The lowest BCUT2D eigenvalue weighted by molar-refractivity contribution is -0.137. The predicted octanol–water partition coefficient (Wildman–Crippen LogP) is 4.87. The molecule has 0 aromatic heterocycles. The number of halogens is 3. The number of aryl methyl sites for hydroxylation is 1. The highest BCUT2D eigenvalue weighted by Gasteiger charge is 2.49. The number of hydrogen-bond acceptors (Lipinski definition) is 5. The van der Waals surface area contributed by atoms with Crippen LogP contribution < -0.4 is 13.8 Å². The molecule has 2 unspecified atom stereocenters. The summed E-state index contributed by atoms with van der Waals surface area (Å²) < 4.78 is 81.1. The predicted molar refractivity (Wildman–Crippen MR) is 123 cm³/mol. The molecule has 2 atom stereocenters. The largest absolute Gasteiger partial charge is 0.453 e. The van der Waals surface area contributed by atoms with Crippen molar-refractivity contribution in [3.05, 3.63) is 83.1 Å². The lowest BCUT2D eigenvalue weighted by Gasteiger charge is -2.40. The first-order valence-corrected chi connectivity index (χ1v) is 12.4. The summed E-state index contributed by atoms with van der Waals surface area (Å²) in [5.41, 5.74) is -0.696. The molecule has 35 heavy (non-hydrogen) atoms. The van der Waals surface area contributed by atoms with Crippen LogP contribution in [-0.2, 0) is 27.4 Å². The van der Waals surface area contributed by atoms with Gasteiger partial charge in [0.2, 0.25) is 16.8 Å². The van der Waals surface area contributed by atoms with Gasteiger partial charge in [-0.05, 0) is 29.7 Å². The Labute approximate surface area is 200 Å². The SMILES string of the molecule is CCc1ccc(C2=C(C=O)N(c3ccccc3C(F)(F)F)S(=O)(=O)C3C=CC=CC23)c2c1OCO2. The van der Waals surface area contributed by atoms with E-state index in [1.807, 2.05) is 6.92 Å². The fourth-order valence-electron chi connectivity index (χ4n) is 4.80. The fraction of sp³-hybridized carbons (Fsp3) is 0.240. The van der Waals surface area contributed by atoms with E-state index in [0.717, 1.165) is 17.7 Å². The van der Waals surface area contributed by atoms with Crippen molar-refractivity contribution in [3.63, 3.8) is 0 Å². The third-order valence-corrected chi connectivity index (χ3v) is 8.36. The monoisotopic (exact) mass is 503 g/mol. The Bertz CT molecular complexity index is 1410.